The monoisotopic (exact) mass is 383 g/mol. The minimum absolute atomic E-state index is 0. The molecule has 1 rings (SSSR count). The summed E-state index contributed by atoms with van der Waals surface area (Å²) in [7, 11) is 0. The number of hydrogen-bond donors (Lipinski definition) is 2. The number of benzene rings is 1. The first-order chi connectivity index (χ1) is 10.3. The van der Waals surface area contributed by atoms with Gasteiger partial charge in [-0.05, 0) is 18.1 Å². The topological polar surface area (TPSA) is 46.2 Å². The van der Waals surface area contributed by atoms with E-state index in [0.29, 0.717) is 6.42 Å². The number of aliphatic hydroxyl groups excluding tert-OH is 1. The summed E-state index contributed by atoms with van der Waals surface area (Å²) in [6, 6.07) is -2.04. The first kappa shape index (κ1) is 22.9. The van der Waals surface area contributed by atoms with Crippen LogP contribution in [-0.4, -0.2) is 11.2 Å². The fourth-order valence-corrected chi connectivity index (χ4v) is 2.12. The molecule has 0 aliphatic carbocycles. The minimum atomic E-state index is -5.25. The molecule has 0 saturated heterocycles. The molecular weight excluding hydrogens is 367 g/mol. The zero-order chi connectivity index (χ0) is 18.2. The highest BCUT2D eigenvalue weighted by Gasteiger charge is 2.42. The Balaban J connectivity index is 0.00000529. The van der Waals surface area contributed by atoms with Crippen LogP contribution in [0.5, 0.6) is 0 Å². The molecule has 0 bridgehead atoms. The molecule has 24 heavy (non-hydrogen) atoms. The summed E-state index contributed by atoms with van der Waals surface area (Å²) >= 11 is 0. The number of aliphatic hydroxyl groups is 1. The lowest BCUT2D eigenvalue weighted by atomic mass is 9.88. The number of alkyl halides is 6. The number of rotatable bonds is 4. The molecule has 0 fully saturated rings. The van der Waals surface area contributed by atoms with Crippen LogP contribution in [-0.2, 0) is 12.4 Å². The average molecular weight is 384 g/mol. The van der Waals surface area contributed by atoms with E-state index in [-0.39, 0.29) is 24.5 Å². The highest BCUT2D eigenvalue weighted by molar-refractivity contribution is 5.85. The minimum Gasteiger partial charge on any atom is -0.391 e. The van der Waals surface area contributed by atoms with Gasteiger partial charge in [0.25, 0.3) is 0 Å². The molecule has 1 unspecified atom stereocenters. The van der Waals surface area contributed by atoms with Gasteiger partial charge in [-0.2, -0.15) is 26.3 Å². The third-order valence-corrected chi connectivity index (χ3v) is 3.69. The second-order valence-electron chi connectivity index (χ2n) is 5.32. The first-order valence-corrected chi connectivity index (χ1v) is 6.72. The summed E-state index contributed by atoms with van der Waals surface area (Å²) in [5.41, 5.74) is 0.732. The largest absolute Gasteiger partial charge is 0.416 e. The lowest BCUT2D eigenvalue weighted by Crippen LogP contribution is -2.34. The van der Waals surface area contributed by atoms with Crippen molar-refractivity contribution < 1.29 is 35.8 Å². The van der Waals surface area contributed by atoms with Gasteiger partial charge in [-0.1, -0.05) is 20.3 Å². The maximum atomic E-state index is 14.0. The van der Waals surface area contributed by atoms with Crippen LogP contribution in [0.1, 0.15) is 43.0 Å². The molecule has 0 aliphatic rings. The fraction of sp³-hybridized carbons (Fsp3) is 0.571. The van der Waals surface area contributed by atoms with Crippen molar-refractivity contribution in [1.29, 1.82) is 0 Å². The zero-order valence-electron chi connectivity index (χ0n) is 12.7. The Hall–Kier alpha value is -1.06. The Labute approximate surface area is 140 Å². The first-order valence-electron chi connectivity index (χ1n) is 6.72. The van der Waals surface area contributed by atoms with Crippen molar-refractivity contribution in [2.45, 2.75) is 44.8 Å². The predicted octanol–water partition coefficient (Wildman–Crippen LogP) is 4.69. The van der Waals surface area contributed by atoms with Gasteiger partial charge in [-0.15, -0.1) is 12.4 Å². The molecule has 140 valence electrons. The van der Waals surface area contributed by atoms with E-state index in [1.165, 1.54) is 6.92 Å². The number of nitrogens with two attached hydrogens (primary N) is 1. The summed E-state index contributed by atoms with van der Waals surface area (Å²) in [5, 5.41) is 9.90. The summed E-state index contributed by atoms with van der Waals surface area (Å²) < 4.78 is 90.8. The van der Waals surface area contributed by atoms with Crippen molar-refractivity contribution in [3.63, 3.8) is 0 Å². The normalized spacial score (nSPS) is 16.3. The SMILES string of the molecule is CCC(C)[C@H](O)[C@H](N)c1c(F)cc(C(F)(F)F)cc1C(F)(F)F.Cl. The van der Waals surface area contributed by atoms with Gasteiger partial charge in [0.1, 0.15) is 5.82 Å². The van der Waals surface area contributed by atoms with Crippen molar-refractivity contribution in [2.75, 3.05) is 0 Å². The highest BCUT2D eigenvalue weighted by atomic mass is 35.5. The van der Waals surface area contributed by atoms with Gasteiger partial charge in [-0.3, -0.25) is 0 Å². The third-order valence-electron chi connectivity index (χ3n) is 3.69. The third kappa shape index (κ3) is 4.97. The molecule has 2 nitrogen and oxygen atoms in total. The van der Waals surface area contributed by atoms with Crippen molar-refractivity contribution >= 4 is 12.4 Å². The van der Waals surface area contributed by atoms with E-state index in [2.05, 4.69) is 0 Å². The van der Waals surface area contributed by atoms with Crippen LogP contribution in [0, 0.1) is 11.7 Å². The zero-order valence-corrected chi connectivity index (χ0v) is 13.5. The van der Waals surface area contributed by atoms with Crippen molar-refractivity contribution in [3.8, 4) is 0 Å². The molecule has 3 atom stereocenters. The van der Waals surface area contributed by atoms with Gasteiger partial charge in [0.15, 0.2) is 0 Å². The van der Waals surface area contributed by atoms with E-state index in [0.717, 1.165) is 0 Å². The summed E-state index contributed by atoms with van der Waals surface area (Å²) in [6.45, 7) is 3.12. The second-order valence-corrected chi connectivity index (χ2v) is 5.32. The Kier molecular flexibility index (Phi) is 7.53. The molecule has 10 heteroatoms. The van der Waals surface area contributed by atoms with Crippen LogP contribution >= 0.6 is 12.4 Å². The van der Waals surface area contributed by atoms with Gasteiger partial charge in [0.05, 0.1) is 23.3 Å². The van der Waals surface area contributed by atoms with E-state index in [4.69, 9.17) is 5.73 Å². The van der Waals surface area contributed by atoms with Crippen molar-refractivity contribution in [2.24, 2.45) is 11.7 Å². The average Bonchev–Trinajstić information content (AvgIpc) is 2.42. The molecule has 0 aromatic heterocycles. The summed E-state index contributed by atoms with van der Waals surface area (Å²) in [5.74, 6) is -2.31. The fourth-order valence-electron chi connectivity index (χ4n) is 2.12. The quantitative estimate of drug-likeness (QED) is 0.741. The van der Waals surface area contributed by atoms with Crippen molar-refractivity contribution in [1.82, 2.24) is 0 Å². The van der Waals surface area contributed by atoms with Crippen LogP contribution in [0.4, 0.5) is 30.7 Å². The molecule has 1 aromatic rings. The smallest absolute Gasteiger partial charge is 0.391 e. The summed E-state index contributed by atoms with van der Waals surface area (Å²) in [6.07, 6.45) is -11.6. The van der Waals surface area contributed by atoms with Crippen molar-refractivity contribution in [3.05, 3.63) is 34.6 Å². The van der Waals surface area contributed by atoms with E-state index < -0.39 is 52.9 Å². The molecule has 0 radical (unpaired) electrons. The molecule has 0 saturated carbocycles. The Morgan fingerprint density at radius 1 is 1.08 bits per heavy atom. The van der Waals surface area contributed by atoms with Gasteiger partial charge >= 0.3 is 12.4 Å². The van der Waals surface area contributed by atoms with Gasteiger partial charge < -0.3 is 10.8 Å². The maximum absolute atomic E-state index is 14.0. The molecule has 0 heterocycles. The van der Waals surface area contributed by atoms with E-state index in [1.807, 2.05) is 0 Å². The van der Waals surface area contributed by atoms with Gasteiger partial charge in [0, 0.05) is 5.56 Å². The standard InChI is InChI=1S/C14H16F7NO.ClH/c1-3-6(2)12(23)11(22)10-8(14(19,20)21)4-7(5-9(10)15)13(16,17)18;/h4-6,11-12,23H,3,22H2,1-2H3;1H/t6?,11-,12+;/m1./s1. The Morgan fingerprint density at radius 2 is 1.58 bits per heavy atom. The molecule has 0 amide bonds. The predicted molar refractivity (Wildman–Crippen MR) is 76.0 cm³/mol. The van der Waals surface area contributed by atoms with Crippen LogP contribution in [0.2, 0.25) is 0 Å². The van der Waals surface area contributed by atoms with Crippen LogP contribution < -0.4 is 5.73 Å². The van der Waals surface area contributed by atoms with Crippen LogP contribution in [0.15, 0.2) is 12.1 Å². The maximum Gasteiger partial charge on any atom is 0.416 e. The molecule has 0 aliphatic heterocycles. The number of halogens is 8. The second kappa shape index (κ2) is 7.88. The Bertz CT molecular complexity index is 559. The van der Waals surface area contributed by atoms with E-state index in [9.17, 15) is 35.8 Å². The van der Waals surface area contributed by atoms with Gasteiger partial charge in [-0.25, -0.2) is 4.39 Å². The molecule has 3 N–H and O–H groups in total. The van der Waals surface area contributed by atoms with Crippen LogP contribution in [0.25, 0.3) is 0 Å². The number of hydrogen-bond acceptors (Lipinski definition) is 2. The highest BCUT2D eigenvalue weighted by Crippen LogP contribution is 2.41. The Morgan fingerprint density at radius 3 is 1.96 bits per heavy atom. The molecular formula is C14H17ClF7NO. The lowest BCUT2D eigenvalue weighted by molar-refractivity contribution is -0.144. The molecule has 1 aromatic carbocycles. The van der Waals surface area contributed by atoms with E-state index >= 15 is 0 Å². The van der Waals surface area contributed by atoms with E-state index in [1.54, 1.807) is 6.92 Å². The molecule has 0 spiro atoms. The summed E-state index contributed by atoms with van der Waals surface area (Å²) in [4.78, 5) is 0. The lowest BCUT2D eigenvalue weighted by Gasteiger charge is -2.27. The van der Waals surface area contributed by atoms with Crippen LogP contribution in [0.3, 0.4) is 0 Å². The van der Waals surface area contributed by atoms with Gasteiger partial charge in [0.2, 0.25) is 0 Å².